The molecule has 0 saturated heterocycles. The van der Waals surface area contributed by atoms with Crippen molar-refractivity contribution in [1.29, 1.82) is 0 Å². The van der Waals surface area contributed by atoms with Gasteiger partial charge in [0.05, 0.1) is 56.9 Å². The van der Waals surface area contributed by atoms with Gasteiger partial charge in [-0.25, -0.2) is 0 Å². The van der Waals surface area contributed by atoms with Gasteiger partial charge in [0.15, 0.2) is 46.0 Å². The van der Waals surface area contributed by atoms with Crippen molar-refractivity contribution in [1.82, 2.24) is 0 Å². The van der Waals surface area contributed by atoms with Crippen LogP contribution in [0, 0.1) is 0 Å². The Bertz CT molecular complexity index is 1610. The molecule has 0 radical (unpaired) electrons. The lowest BCUT2D eigenvalue weighted by atomic mass is 9.62. The lowest BCUT2D eigenvalue weighted by molar-refractivity contribution is 0.347. The van der Waals surface area contributed by atoms with E-state index in [1.165, 1.54) is 5.56 Å². The summed E-state index contributed by atoms with van der Waals surface area (Å²) >= 11 is 0. The van der Waals surface area contributed by atoms with Crippen molar-refractivity contribution in [2.24, 2.45) is 0 Å². The van der Waals surface area contributed by atoms with Crippen LogP contribution in [0.5, 0.6) is 46.0 Å². The van der Waals surface area contributed by atoms with E-state index in [9.17, 15) is 0 Å². The lowest BCUT2D eigenvalue weighted by Crippen LogP contribution is -2.28. The highest BCUT2D eigenvalue weighted by atomic mass is 16.5. The van der Waals surface area contributed by atoms with E-state index in [4.69, 9.17) is 37.9 Å². The molecule has 8 heteroatoms. The zero-order chi connectivity index (χ0) is 31.4. The molecule has 0 aromatic heterocycles. The van der Waals surface area contributed by atoms with E-state index in [2.05, 4.69) is 48.5 Å². The van der Waals surface area contributed by atoms with E-state index < -0.39 is 0 Å². The molecular weight excluding hydrogens is 560 g/mol. The highest BCUT2D eigenvalue weighted by molar-refractivity contribution is 5.59. The second kappa shape index (κ2) is 13.3. The predicted molar refractivity (Wildman–Crippen MR) is 169 cm³/mol. The maximum absolute atomic E-state index is 5.81. The second-order valence-corrected chi connectivity index (χ2v) is 10.6. The van der Waals surface area contributed by atoms with Gasteiger partial charge < -0.3 is 37.9 Å². The maximum Gasteiger partial charge on any atom is 0.161 e. The smallest absolute Gasteiger partial charge is 0.161 e. The Morgan fingerprint density at radius 3 is 1.30 bits per heavy atom. The minimum atomic E-state index is -0.116. The van der Waals surface area contributed by atoms with Crippen molar-refractivity contribution in [3.63, 3.8) is 0 Å². The van der Waals surface area contributed by atoms with Crippen LogP contribution in [0.15, 0.2) is 66.7 Å². The fraction of sp³-hybridized carbons (Fsp3) is 0.333. The Labute approximate surface area is 259 Å². The molecule has 1 aliphatic carbocycles. The molecule has 0 N–H and O–H groups in total. The summed E-state index contributed by atoms with van der Waals surface area (Å²) in [6.45, 7) is 0. The summed E-state index contributed by atoms with van der Waals surface area (Å²) in [5.41, 5.74) is 5.60. The third-order valence-corrected chi connectivity index (χ3v) is 8.61. The summed E-state index contributed by atoms with van der Waals surface area (Å²) in [5.74, 6) is 5.24. The number of hydrogen-bond donors (Lipinski definition) is 0. The van der Waals surface area contributed by atoms with E-state index in [1.54, 1.807) is 56.9 Å². The summed E-state index contributed by atoms with van der Waals surface area (Å²) in [6, 6.07) is 22.7. The van der Waals surface area contributed by atoms with Gasteiger partial charge in [0.1, 0.15) is 0 Å². The Hall–Kier alpha value is -4.72. The van der Waals surface area contributed by atoms with Gasteiger partial charge >= 0.3 is 0 Å². The molecule has 1 aliphatic rings. The fourth-order valence-electron chi connectivity index (χ4n) is 6.52. The quantitative estimate of drug-likeness (QED) is 0.182. The number of fused-ring (bicyclic) bond motifs is 1. The number of rotatable bonds is 11. The first kappa shape index (κ1) is 30.7. The van der Waals surface area contributed by atoms with Crippen LogP contribution >= 0.6 is 0 Å². The van der Waals surface area contributed by atoms with E-state index in [0.717, 1.165) is 28.7 Å². The minimum absolute atomic E-state index is 0.0246. The van der Waals surface area contributed by atoms with Gasteiger partial charge in [-0.05, 0) is 88.7 Å². The lowest BCUT2D eigenvalue weighted by Gasteiger charge is -2.41. The molecule has 3 atom stereocenters. The van der Waals surface area contributed by atoms with Gasteiger partial charge in [0, 0.05) is 11.8 Å². The second-order valence-electron chi connectivity index (χ2n) is 10.6. The molecular formula is C36H40O8. The van der Waals surface area contributed by atoms with Crippen molar-refractivity contribution in [3.8, 4) is 46.0 Å². The Morgan fingerprint density at radius 2 is 0.795 bits per heavy atom. The Morgan fingerprint density at radius 1 is 0.409 bits per heavy atom. The summed E-state index contributed by atoms with van der Waals surface area (Å²) in [6.07, 6.45) is 0.744. The molecule has 8 nitrogen and oxygen atoms in total. The largest absolute Gasteiger partial charge is 0.493 e. The summed E-state index contributed by atoms with van der Waals surface area (Å²) in [7, 11) is 13.2. The molecule has 0 amide bonds. The van der Waals surface area contributed by atoms with E-state index >= 15 is 0 Å². The van der Waals surface area contributed by atoms with E-state index in [-0.39, 0.29) is 17.8 Å². The molecule has 0 spiro atoms. The average molecular weight is 601 g/mol. The van der Waals surface area contributed by atoms with Crippen molar-refractivity contribution in [3.05, 3.63) is 94.5 Å². The third kappa shape index (κ3) is 5.52. The monoisotopic (exact) mass is 600 g/mol. The summed E-state index contributed by atoms with van der Waals surface area (Å²) in [4.78, 5) is 0. The van der Waals surface area contributed by atoms with Gasteiger partial charge in [0.2, 0.25) is 0 Å². The highest BCUT2D eigenvalue weighted by Gasteiger charge is 2.41. The van der Waals surface area contributed by atoms with E-state index in [1.807, 2.05) is 18.2 Å². The molecule has 0 heterocycles. The molecule has 232 valence electrons. The standard InChI is InChI=1S/C36H40O8/c1-37-27-12-9-21(16-30(27)40-4)25-15-24-19-33(43-7)34(44-8)20-26(24)36(23-11-14-29(39-3)32(18-23)42-6)35(25)22-10-13-28(38-2)31(17-22)41-5/h9-14,16-20,25,35-36H,15H2,1-8H3/t25-,35-,36-/m0/s1. The third-order valence-electron chi connectivity index (χ3n) is 8.61. The first-order valence-corrected chi connectivity index (χ1v) is 14.4. The molecule has 0 saturated carbocycles. The fourth-order valence-corrected chi connectivity index (χ4v) is 6.52. The van der Waals surface area contributed by atoms with Crippen LogP contribution in [-0.2, 0) is 6.42 Å². The molecule has 4 aromatic rings. The molecule has 4 aromatic carbocycles. The van der Waals surface area contributed by atoms with Crippen LogP contribution in [0.1, 0.15) is 45.6 Å². The van der Waals surface area contributed by atoms with Crippen LogP contribution in [-0.4, -0.2) is 56.9 Å². The van der Waals surface area contributed by atoms with Crippen LogP contribution in [0.25, 0.3) is 0 Å². The number of benzene rings is 4. The Kier molecular flexibility index (Phi) is 9.28. The van der Waals surface area contributed by atoms with Crippen molar-refractivity contribution >= 4 is 0 Å². The first-order chi connectivity index (χ1) is 21.4. The zero-order valence-electron chi connectivity index (χ0n) is 26.6. The van der Waals surface area contributed by atoms with Gasteiger partial charge in [-0.15, -0.1) is 0 Å². The maximum atomic E-state index is 5.81. The normalized spacial score (nSPS) is 17.2. The molecule has 0 unspecified atom stereocenters. The first-order valence-electron chi connectivity index (χ1n) is 14.4. The zero-order valence-corrected chi connectivity index (χ0v) is 26.6. The van der Waals surface area contributed by atoms with Gasteiger partial charge in [-0.1, -0.05) is 18.2 Å². The topological polar surface area (TPSA) is 73.8 Å². The predicted octanol–water partition coefficient (Wildman–Crippen LogP) is 7.01. The SMILES string of the molecule is COc1ccc([C@H]2c3cc(OC)c(OC)cc3C[C@@H](c3ccc(OC)c(OC)c3)[C@@H]2c2ccc(OC)c(OC)c2)cc1OC. The van der Waals surface area contributed by atoms with Crippen LogP contribution < -0.4 is 37.9 Å². The number of ether oxygens (including phenoxy) is 8. The molecule has 0 fully saturated rings. The minimum Gasteiger partial charge on any atom is -0.493 e. The van der Waals surface area contributed by atoms with Gasteiger partial charge in [-0.2, -0.15) is 0 Å². The summed E-state index contributed by atoms with van der Waals surface area (Å²) in [5, 5.41) is 0. The highest BCUT2D eigenvalue weighted by Crippen LogP contribution is 2.56. The molecule has 0 aliphatic heterocycles. The van der Waals surface area contributed by atoms with Crippen molar-refractivity contribution < 1.29 is 37.9 Å². The van der Waals surface area contributed by atoms with Crippen LogP contribution in [0.2, 0.25) is 0 Å². The Balaban J connectivity index is 1.84. The molecule has 44 heavy (non-hydrogen) atoms. The molecule has 0 bridgehead atoms. The van der Waals surface area contributed by atoms with Crippen LogP contribution in [0.3, 0.4) is 0 Å². The number of hydrogen-bond acceptors (Lipinski definition) is 8. The van der Waals surface area contributed by atoms with Gasteiger partial charge in [-0.3, -0.25) is 0 Å². The van der Waals surface area contributed by atoms with Crippen LogP contribution in [0.4, 0.5) is 0 Å². The summed E-state index contributed by atoms with van der Waals surface area (Å²) < 4.78 is 45.7. The van der Waals surface area contributed by atoms with Crippen molar-refractivity contribution in [2.45, 2.75) is 24.2 Å². The van der Waals surface area contributed by atoms with Gasteiger partial charge in [0.25, 0.3) is 0 Å². The average Bonchev–Trinajstić information content (AvgIpc) is 3.08. The van der Waals surface area contributed by atoms with E-state index in [0.29, 0.717) is 46.0 Å². The molecule has 5 rings (SSSR count). The number of methoxy groups -OCH3 is 8. The van der Waals surface area contributed by atoms with Crippen molar-refractivity contribution in [2.75, 3.05) is 56.9 Å².